The molecule has 18 heavy (non-hydrogen) atoms. The van der Waals surface area contributed by atoms with Crippen molar-refractivity contribution >= 4 is 11.9 Å². The predicted molar refractivity (Wildman–Crippen MR) is 66.9 cm³/mol. The molecule has 0 bridgehead atoms. The molecule has 5 nitrogen and oxygen atoms in total. The lowest BCUT2D eigenvalue weighted by atomic mass is 9.81. The van der Waals surface area contributed by atoms with Crippen molar-refractivity contribution in [3.63, 3.8) is 0 Å². The SMILES string of the molecule is NC1(C(=O)N2CCCC(C(=O)O)C2)CCCCC1. The molecular formula is C13H22N2O3. The summed E-state index contributed by atoms with van der Waals surface area (Å²) in [7, 11) is 0. The third kappa shape index (κ3) is 2.66. The number of hydrogen-bond acceptors (Lipinski definition) is 3. The summed E-state index contributed by atoms with van der Waals surface area (Å²) in [5.41, 5.74) is 5.48. The molecule has 1 amide bonds. The van der Waals surface area contributed by atoms with Gasteiger partial charge in [0.15, 0.2) is 0 Å². The van der Waals surface area contributed by atoms with Gasteiger partial charge in [0.05, 0.1) is 11.5 Å². The second-order valence-electron chi connectivity index (χ2n) is 5.65. The lowest BCUT2D eigenvalue weighted by Crippen LogP contribution is -2.58. The first-order valence-corrected chi connectivity index (χ1v) is 6.84. The Morgan fingerprint density at radius 3 is 2.44 bits per heavy atom. The molecular weight excluding hydrogens is 232 g/mol. The molecule has 2 rings (SSSR count). The summed E-state index contributed by atoms with van der Waals surface area (Å²) in [6.07, 6.45) is 6.04. The monoisotopic (exact) mass is 254 g/mol. The van der Waals surface area contributed by atoms with Crippen LogP contribution in [0, 0.1) is 5.92 Å². The number of rotatable bonds is 2. The van der Waals surface area contributed by atoms with E-state index in [4.69, 9.17) is 10.8 Å². The number of carboxylic acid groups (broad SMARTS) is 1. The van der Waals surface area contributed by atoms with E-state index in [1.165, 1.54) is 0 Å². The maximum Gasteiger partial charge on any atom is 0.308 e. The van der Waals surface area contributed by atoms with Gasteiger partial charge in [0.1, 0.15) is 0 Å². The van der Waals surface area contributed by atoms with Gasteiger partial charge < -0.3 is 15.7 Å². The van der Waals surface area contributed by atoms with Gasteiger partial charge >= 0.3 is 5.97 Å². The van der Waals surface area contributed by atoms with Crippen LogP contribution in [0.2, 0.25) is 0 Å². The van der Waals surface area contributed by atoms with Crippen molar-refractivity contribution in [2.24, 2.45) is 11.7 Å². The molecule has 3 N–H and O–H groups in total. The van der Waals surface area contributed by atoms with Crippen LogP contribution in [0.15, 0.2) is 0 Å². The lowest BCUT2D eigenvalue weighted by Gasteiger charge is -2.39. The van der Waals surface area contributed by atoms with Gasteiger partial charge in [0, 0.05) is 13.1 Å². The van der Waals surface area contributed by atoms with Crippen molar-refractivity contribution in [1.82, 2.24) is 4.90 Å². The van der Waals surface area contributed by atoms with Crippen molar-refractivity contribution in [3.05, 3.63) is 0 Å². The van der Waals surface area contributed by atoms with Gasteiger partial charge in [-0.2, -0.15) is 0 Å². The minimum atomic E-state index is -0.804. The molecule has 1 atom stereocenters. The van der Waals surface area contributed by atoms with Crippen LogP contribution < -0.4 is 5.73 Å². The molecule has 2 aliphatic rings. The Kier molecular flexibility index (Phi) is 3.90. The molecule has 1 saturated carbocycles. The summed E-state index contributed by atoms with van der Waals surface area (Å²) in [6.45, 7) is 0.981. The Morgan fingerprint density at radius 1 is 1.17 bits per heavy atom. The molecule has 0 aromatic carbocycles. The van der Waals surface area contributed by atoms with Crippen molar-refractivity contribution in [3.8, 4) is 0 Å². The number of aliphatic carboxylic acids is 1. The maximum atomic E-state index is 12.5. The zero-order valence-electron chi connectivity index (χ0n) is 10.7. The van der Waals surface area contributed by atoms with Crippen LogP contribution in [0.5, 0.6) is 0 Å². The fraction of sp³-hybridized carbons (Fsp3) is 0.846. The Balaban J connectivity index is 2.01. The van der Waals surface area contributed by atoms with Crippen LogP contribution in [-0.4, -0.2) is 40.5 Å². The van der Waals surface area contributed by atoms with Gasteiger partial charge in [-0.15, -0.1) is 0 Å². The summed E-state index contributed by atoms with van der Waals surface area (Å²) < 4.78 is 0. The van der Waals surface area contributed by atoms with Gasteiger partial charge in [-0.1, -0.05) is 19.3 Å². The summed E-state index contributed by atoms with van der Waals surface area (Å²) in [5, 5.41) is 9.04. The first-order chi connectivity index (χ1) is 8.53. The molecule has 0 aromatic heterocycles. The fourth-order valence-electron chi connectivity index (χ4n) is 3.07. The summed E-state index contributed by atoms with van der Waals surface area (Å²) in [4.78, 5) is 25.1. The summed E-state index contributed by atoms with van der Waals surface area (Å²) >= 11 is 0. The molecule has 2 fully saturated rings. The number of hydrogen-bond donors (Lipinski definition) is 2. The Bertz CT molecular complexity index is 337. The van der Waals surface area contributed by atoms with Crippen molar-refractivity contribution < 1.29 is 14.7 Å². The normalized spacial score (nSPS) is 27.8. The first-order valence-electron chi connectivity index (χ1n) is 6.84. The van der Waals surface area contributed by atoms with E-state index in [9.17, 15) is 9.59 Å². The quantitative estimate of drug-likeness (QED) is 0.769. The van der Waals surface area contributed by atoms with Crippen LogP contribution in [0.25, 0.3) is 0 Å². The highest BCUT2D eigenvalue weighted by molar-refractivity contribution is 5.87. The Labute approximate surface area is 107 Å². The van der Waals surface area contributed by atoms with Crippen molar-refractivity contribution in [2.45, 2.75) is 50.5 Å². The standard InChI is InChI=1S/C13H22N2O3/c14-13(6-2-1-3-7-13)12(18)15-8-4-5-10(9-15)11(16)17/h10H,1-9,14H2,(H,16,17). The maximum absolute atomic E-state index is 12.5. The van der Waals surface area contributed by atoms with Gasteiger partial charge in [-0.3, -0.25) is 9.59 Å². The summed E-state index contributed by atoms with van der Waals surface area (Å²) in [5.74, 6) is -1.26. The highest BCUT2D eigenvalue weighted by atomic mass is 16.4. The van der Waals surface area contributed by atoms with E-state index in [2.05, 4.69) is 0 Å². The molecule has 0 radical (unpaired) electrons. The van der Waals surface area contributed by atoms with Gasteiger partial charge in [0.2, 0.25) is 5.91 Å². The summed E-state index contributed by atoms with van der Waals surface area (Å²) in [6, 6.07) is 0. The number of carbonyl (C=O) groups is 2. The minimum Gasteiger partial charge on any atom is -0.481 e. The first kappa shape index (κ1) is 13.3. The van der Waals surface area contributed by atoms with E-state index in [1.807, 2.05) is 0 Å². The van der Waals surface area contributed by atoms with Crippen LogP contribution in [0.3, 0.4) is 0 Å². The van der Waals surface area contributed by atoms with Crippen LogP contribution in [0.4, 0.5) is 0 Å². The Hall–Kier alpha value is -1.10. The van der Waals surface area contributed by atoms with Gasteiger partial charge in [-0.05, 0) is 25.7 Å². The van der Waals surface area contributed by atoms with Gasteiger partial charge in [0.25, 0.3) is 0 Å². The largest absolute Gasteiger partial charge is 0.481 e. The molecule has 1 unspecified atom stereocenters. The van der Waals surface area contributed by atoms with E-state index >= 15 is 0 Å². The van der Waals surface area contributed by atoms with Crippen LogP contribution in [-0.2, 0) is 9.59 Å². The van der Waals surface area contributed by atoms with E-state index in [0.29, 0.717) is 19.5 Å². The Morgan fingerprint density at radius 2 is 1.83 bits per heavy atom. The average molecular weight is 254 g/mol. The molecule has 1 aliphatic heterocycles. The zero-order valence-corrected chi connectivity index (χ0v) is 10.7. The smallest absolute Gasteiger partial charge is 0.308 e. The second kappa shape index (κ2) is 5.26. The average Bonchev–Trinajstić information content (AvgIpc) is 2.39. The highest BCUT2D eigenvalue weighted by Crippen LogP contribution is 2.29. The van der Waals surface area contributed by atoms with E-state index in [1.54, 1.807) is 4.90 Å². The number of piperidine rings is 1. The lowest BCUT2D eigenvalue weighted by molar-refractivity contribution is -0.147. The van der Waals surface area contributed by atoms with Crippen molar-refractivity contribution in [1.29, 1.82) is 0 Å². The molecule has 1 saturated heterocycles. The number of carboxylic acids is 1. The van der Waals surface area contributed by atoms with E-state index < -0.39 is 17.4 Å². The number of likely N-dealkylation sites (tertiary alicyclic amines) is 1. The number of nitrogens with two attached hydrogens (primary N) is 1. The predicted octanol–water partition coefficient (Wildman–Crippen LogP) is 0.971. The van der Waals surface area contributed by atoms with Crippen LogP contribution >= 0.6 is 0 Å². The van der Waals surface area contributed by atoms with Crippen LogP contribution in [0.1, 0.15) is 44.9 Å². The molecule has 0 aromatic rings. The minimum absolute atomic E-state index is 0.0341. The van der Waals surface area contributed by atoms with E-state index in [0.717, 1.165) is 38.5 Å². The second-order valence-corrected chi connectivity index (χ2v) is 5.65. The molecule has 0 spiro atoms. The molecule has 1 heterocycles. The van der Waals surface area contributed by atoms with E-state index in [-0.39, 0.29) is 5.91 Å². The third-order valence-corrected chi connectivity index (χ3v) is 4.23. The number of amides is 1. The number of carbonyl (C=O) groups excluding carboxylic acids is 1. The van der Waals surface area contributed by atoms with Gasteiger partial charge in [-0.25, -0.2) is 0 Å². The number of nitrogens with zero attached hydrogens (tertiary/aromatic N) is 1. The van der Waals surface area contributed by atoms with Crippen molar-refractivity contribution in [2.75, 3.05) is 13.1 Å². The fourth-order valence-corrected chi connectivity index (χ4v) is 3.07. The molecule has 102 valence electrons. The third-order valence-electron chi connectivity index (χ3n) is 4.23. The topological polar surface area (TPSA) is 83.6 Å². The highest BCUT2D eigenvalue weighted by Gasteiger charge is 2.40. The molecule has 1 aliphatic carbocycles. The zero-order chi connectivity index (χ0) is 13.2. The molecule has 5 heteroatoms.